The molecule has 1 atom stereocenters. The highest BCUT2D eigenvalue weighted by Gasteiger charge is 2.29. The number of carbonyl (C=O) groups is 1. The van der Waals surface area contributed by atoms with Gasteiger partial charge in [-0.1, -0.05) is 19.0 Å². The smallest absolute Gasteiger partial charge is 0.273 e. The number of nitrogens with zero attached hydrogens (tertiary/aromatic N) is 1. The lowest BCUT2D eigenvalue weighted by atomic mass is 10.0. The maximum atomic E-state index is 11.9. The summed E-state index contributed by atoms with van der Waals surface area (Å²) >= 11 is 0. The van der Waals surface area contributed by atoms with Crippen LogP contribution in [0.1, 0.15) is 55.3 Å². The van der Waals surface area contributed by atoms with Gasteiger partial charge in [-0.3, -0.25) is 4.79 Å². The number of nitrogens with one attached hydrogen (secondary N) is 1. The Morgan fingerprint density at radius 3 is 2.89 bits per heavy atom. The molecule has 100 valence electrons. The molecule has 5 nitrogen and oxygen atoms in total. The number of aliphatic hydroxyl groups excluding tert-OH is 1. The van der Waals surface area contributed by atoms with Gasteiger partial charge in [-0.05, 0) is 25.2 Å². The molecular weight excluding hydrogens is 232 g/mol. The summed E-state index contributed by atoms with van der Waals surface area (Å²) in [6.45, 7) is 4.05. The number of aromatic nitrogens is 1. The van der Waals surface area contributed by atoms with Crippen LogP contribution < -0.4 is 5.32 Å². The van der Waals surface area contributed by atoms with Gasteiger partial charge < -0.3 is 14.9 Å². The monoisotopic (exact) mass is 252 g/mol. The van der Waals surface area contributed by atoms with E-state index in [2.05, 4.69) is 24.3 Å². The molecule has 1 aliphatic carbocycles. The molecular formula is C13H20N2O3. The number of hydrogen-bond acceptors (Lipinski definition) is 4. The summed E-state index contributed by atoms with van der Waals surface area (Å²) in [5, 5.41) is 15.8. The summed E-state index contributed by atoms with van der Waals surface area (Å²) < 4.78 is 5.13. The van der Waals surface area contributed by atoms with Gasteiger partial charge in [-0.25, -0.2) is 0 Å². The van der Waals surface area contributed by atoms with E-state index in [1.807, 2.05) is 0 Å². The highest BCUT2D eigenvalue weighted by Crippen LogP contribution is 2.40. The van der Waals surface area contributed by atoms with Gasteiger partial charge in [0.15, 0.2) is 5.69 Å². The van der Waals surface area contributed by atoms with Gasteiger partial charge in [0.25, 0.3) is 5.91 Å². The van der Waals surface area contributed by atoms with Gasteiger partial charge in [0.1, 0.15) is 5.76 Å². The molecule has 0 saturated heterocycles. The first-order chi connectivity index (χ1) is 8.60. The van der Waals surface area contributed by atoms with Gasteiger partial charge in [-0.2, -0.15) is 0 Å². The van der Waals surface area contributed by atoms with Crippen LogP contribution in [-0.2, 0) is 0 Å². The second-order valence-electron chi connectivity index (χ2n) is 5.37. The Morgan fingerprint density at radius 2 is 2.33 bits per heavy atom. The molecule has 1 amide bonds. The van der Waals surface area contributed by atoms with E-state index in [0.29, 0.717) is 17.5 Å². The van der Waals surface area contributed by atoms with Crippen molar-refractivity contribution < 1.29 is 14.4 Å². The minimum atomic E-state index is -0.273. The standard InChI is InChI=1S/C13H20N2O3/c1-8(2)5-10(7-16)14-13(17)11-6-12(18-15-11)9-3-4-9/h6,8-10,16H,3-5,7H2,1-2H3,(H,14,17). The first-order valence-electron chi connectivity index (χ1n) is 6.48. The molecule has 5 heteroatoms. The van der Waals surface area contributed by atoms with Crippen molar-refractivity contribution in [1.29, 1.82) is 0 Å². The lowest BCUT2D eigenvalue weighted by Gasteiger charge is -2.17. The third-order valence-electron chi connectivity index (χ3n) is 3.05. The minimum absolute atomic E-state index is 0.0583. The average molecular weight is 252 g/mol. The Morgan fingerprint density at radius 1 is 1.61 bits per heavy atom. The van der Waals surface area contributed by atoms with Crippen molar-refractivity contribution in [3.63, 3.8) is 0 Å². The highest BCUT2D eigenvalue weighted by atomic mass is 16.5. The number of hydrogen-bond donors (Lipinski definition) is 2. The van der Waals surface area contributed by atoms with Gasteiger partial charge in [0.05, 0.1) is 12.6 Å². The molecule has 0 bridgehead atoms. The van der Waals surface area contributed by atoms with Gasteiger partial charge in [0.2, 0.25) is 0 Å². The molecule has 1 unspecified atom stereocenters. The number of rotatable bonds is 6. The van der Waals surface area contributed by atoms with Crippen molar-refractivity contribution in [3.05, 3.63) is 17.5 Å². The zero-order valence-corrected chi connectivity index (χ0v) is 10.8. The summed E-state index contributed by atoms with van der Waals surface area (Å²) in [5.41, 5.74) is 0.305. The van der Waals surface area contributed by atoms with Crippen molar-refractivity contribution in [2.24, 2.45) is 5.92 Å². The van der Waals surface area contributed by atoms with Gasteiger partial charge in [0, 0.05) is 12.0 Å². The number of aliphatic hydroxyl groups is 1. The van der Waals surface area contributed by atoms with E-state index in [-0.39, 0.29) is 18.6 Å². The van der Waals surface area contributed by atoms with Gasteiger partial charge >= 0.3 is 0 Å². The fourth-order valence-corrected chi connectivity index (χ4v) is 1.96. The largest absolute Gasteiger partial charge is 0.394 e. The summed E-state index contributed by atoms with van der Waals surface area (Å²) in [7, 11) is 0. The summed E-state index contributed by atoms with van der Waals surface area (Å²) in [6.07, 6.45) is 2.97. The van der Waals surface area contributed by atoms with E-state index < -0.39 is 0 Å². The number of amides is 1. The van der Waals surface area contributed by atoms with E-state index in [1.165, 1.54) is 0 Å². The van der Waals surface area contributed by atoms with Gasteiger partial charge in [-0.15, -0.1) is 0 Å². The fourth-order valence-electron chi connectivity index (χ4n) is 1.96. The molecule has 1 aromatic rings. The molecule has 0 radical (unpaired) electrons. The molecule has 2 rings (SSSR count). The first kappa shape index (κ1) is 13.1. The first-order valence-corrected chi connectivity index (χ1v) is 6.48. The maximum Gasteiger partial charge on any atom is 0.273 e. The summed E-state index contributed by atoms with van der Waals surface area (Å²) in [6, 6.07) is 1.48. The second kappa shape index (κ2) is 5.52. The SMILES string of the molecule is CC(C)CC(CO)NC(=O)c1cc(C2CC2)on1. The number of carbonyl (C=O) groups excluding carboxylic acids is 1. The molecule has 0 spiro atoms. The summed E-state index contributed by atoms with van der Waals surface area (Å²) in [5.74, 6) is 1.39. The maximum absolute atomic E-state index is 11.9. The van der Waals surface area contributed by atoms with Crippen molar-refractivity contribution in [2.45, 2.75) is 45.1 Å². The van der Waals surface area contributed by atoms with E-state index in [4.69, 9.17) is 4.52 Å². The van der Waals surface area contributed by atoms with E-state index >= 15 is 0 Å². The molecule has 1 aliphatic rings. The predicted molar refractivity (Wildman–Crippen MR) is 66.3 cm³/mol. The molecule has 1 fully saturated rings. The lowest BCUT2D eigenvalue weighted by molar-refractivity contribution is 0.0899. The van der Waals surface area contributed by atoms with Crippen LogP contribution in [0.3, 0.4) is 0 Å². The zero-order valence-electron chi connectivity index (χ0n) is 10.8. The predicted octanol–water partition coefficient (Wildman–Crippen LogP) is 1.69. The van der Waals surface area contributed by atoms with Crippen molar-refractivity contribution >= 4 is 5.91 Å². The lowest BCUT2D eigenvalue weighted by Crippen LogP contribution is -2.38. The van der Waals surface area contributed by atoms with Crippen molar-refractivity contribution in [3.8, 4) is 0 Å². The second-order valence-corrected chi connectivity index (χ2v) is 5.37. The molecule has 1 saturated carbocycles. The highest BCUT2D eigenvalue weighted by molar-refractivity contribution is 5.92. The molecule has 0 aliphatic heterocycles. The third-order valence-corrected chi connectivity index (χ3v) is 3.05. The molecule has 1 aromatic heterocycles. The van der Waals surface area contributed by atoms with E-state index in [9.17, 15) is 9.90 Å². The normalized spacial score (nSPS) is 16.9. The third kappa shape index (κ3) is 3.32. The minimum Gasteiger partial charge on any atom is -0.394 e. The zero-order chi connectivity index (χ0) is 13.1. The van der Waals surface area contributed by atoms with E-state index in [0.717, 1.165) is 25.0 Å². The molecule has 18 heavy (non-hydrogen) atoms. The Kier molecular flexibility index (Phi) is 4.01. The fraction of sp³-hybridized carbons (Fsp3) is 0.692. The molecule has 2 N–H and O–H groups in total. The molecule has 1 heterocycles. The average Bonchev–Trinajstić information content (AvgIpc) is 3.05. The van der Waals surface area contributed by atoms with Crippen LogP contribution >= 0.6 is 0 Å². The Balaban J connectivity index is 1.92. The Hall–Kier alpha value is -1.36. The summed E-state index contributed by atoms with van der Waals surface area (Å²) in [4.78, 5) is 11.9. The molecule has 0 aromatic carbocycles. The topological polar surface area (TPSA) is 75.4 Å². The van der Waals surface area contributed by atoms with Crippen LogP contribution in [0.15, 0.2) is 10.6 Å². The van der Waals surface area contributed by atoms with Crippen molar-refractivity contribution in [2.75, 3.05) is 6.61 Å². The van der Waals surface area contributed by atoms with Crippen LogP contribution in [0.4, 0.5) is 0 Å². The van der Waals surface area contributed by atoms with Crippen LogP contribution in [0.2, 0.25) is 0 Å². The Labute approximate surface area is 107 Å². The van der Waals surface area contributed by atoms with Crippen LogP contribution in [-0.4, -0.2) is 28.8 Å². The quantitative estimate of drug-likeness (QED) is 0.807. The van der Waals surface area contributed by atoms with E-state index in [1.54, 1.807) is 6.07 Å². The van der Waals surface area contributed by atoms with Crippen LogP contribution in [0, 0.1) is 5.92 Å². The van der Waals surface area contributed by atoms with Crippen molar-refractivity contribution in [1.82, 2.24) is 10.5 Å². The van der Waals surface area contributed by atoms with Crippen LogP contribution in [0.5, 0.6) is 0 Å². The Bertz CT molecular complexity index is 410. The van der Waals surface area contributed by atoms with Crippen LogP contribution in [0.25, 0.3) is 0 Å².